The number of aromatic nitrogens is 2. The molecule has 0 amide bonds. The first-order chi connectivity index (χ1) is 9.35. The molecule has 0 aliphatic carbocycles. The van der Waals surface area contributed by atoms with Gasteiger partial charge in [-0.3, -0.25) is 0 Å². The lowest BCUT2D eigenvalue weighted by Gasteiger charge is -1.97. The highest BCUT2D eigenvalue weighted by molar-refractivity contribution is 7.18. The van der Waals surface area contributed by atoms with E-state index in [1.54, 1.807) is 6.20 Å². The molecule has 0 bridgehead atoms. The van der Waals surface area contributed by atoms with Crippen LogP contribution in [0.15, 0.2) is 42.6 Å². The van der Waals surface area contributed by atoms with Crippen molar-refractivity contribution in [2.75, 3.05) is 12.4 Å². The zero-order chi connectivity index (χ0) is 13.1. The molecule has 1 N–H and O–H groups in total. The normalized spacial score (nSPS) is 9.95. The van der Waals surface area contributed by atoms with Crippen LogP contribution in [0.2, 0.25) is 0 Å². The van der Waals surface area contributed by atoms with Gasteiger partial charge in [-0.25, -0.2) is 9.97 Å². The minimum atomic E-state index is 0.798. The molecule has 2 heterocycles. The third kappa shape index (κ3) is 2.56. The molecule has 3 nitrogen and oxygen atoms in total. The van der Waals surface area contributed by atoms with E-state index in [1.165, 1.54) is 11.3 Å². The highest BCUT2D eigenvalue weighted by Gasteiger charge is 2.00. The van der Waals surface area contributed by atoms with Crippen LogP contribution in [0.1, 0.15) is 10.6 Å². The van der Waals surface area contributed by atoms with Crippen molar-refractivity contribution in [1.82, 2.24) is 9.97 Å². The Kier molecular flexibility index (Phi) is 3.13. The second-order valence-corrected chi connectivity index (χ2v) is 4.90. The molecule has 0 aliphatic rings. The number of anilines is 1. The zero-order valence-electron chi connectivity index (χ0n) is 10.3. The first-order valence-electron chi connectivity index (χ1n) is 5.86. The molecule has 3 rings (SSSR count). The minimum Gasteiger partial charge on any atom is -0.388 e. The summed E-state index contributed by atoms with van der Waals surface area (Å²) in [6, 6.07) is 11.8. The van der Waals surface area contributed by atoms with E-state index in [-0.39, 0.29) is 0 Å². The summed E-state index contributed by atoms with van der Waals surface area (Å²) in [7, 11) is 1.90. The Hall–Kier alpha value is -2.38. The number of nitrogens with zero attached hydrogens (tertiary/aromatic N) is 2. The molecular weight excluding hydrogens is 254 g/mol. The van der Waals surface area contributed by atoms with E-state index in [2.05, 4.69) is 27.1 Å². The number of benzene rings is 1. The molecule has 0 spiro atoms. The van der Waals surface area contributed by atoms with Gasteiger partial charge in [0.2, 0.25) is 0 Å². The Morgan fingerprint density at radius 2 is 1.95 bits per heavy atom. The lowest BCUT2D eigenvalue weighted by Crippen LogP contribution is -1.86. The van der Waals surface area contributed by atoms with Gasteiger partial charge in [0.15, 0.2) is 5.01 Å². The summed E-state index contributed by atoms with van der Waals surface area (Å²) in [6.07, 6.45) is 1.77. The fourth-order valence-corrected chi connectivity index (χ4v) is 2.43. The van der Waals surface area contributed by atoms with Gasteiger partial charge in [-0.15, -0.1) is 0 Å². The van der Waals surface area contributed by atoms with Crippen molar-refractivity contribution >= 4 is 27.4 Å². The van der Waals surface area contributed by atoms with E-state index in [4.69, 9.17) is 0 Å². The number of rotatable bonds is 1. The van der Waals surface area contributed by atoms with Gasteiger partial charge < -0.3 is 5.32 Å². The van der Waals surface area contributed by atoms with Crippen LogP contribution in [0.5, 0.6) is 0 Å². The van der Waals surface area contributed by atoms with Gasteiger partial charge in [-0.1, -0.05) is 17.3 Å². The number of thiazole rings is 1. The smallest absolute Gasteiger partial charge is 0.169 e. The van der Waals surface area contributed by atoms with Crippen LogP contribution in [-0.4, -0.2) is 17.0 Å². The number of nitrogens with one attached hydrogen (secondary N) is 1. The monoisotopic (exact) mass is 265 g/mol. The number of pyridine rings is 1. The molecule has 3 aromatic rings. The van der Waals surface area contributed by atoms with Gasteiger partial charge in [0.25, 0.3) is 0 Å². The van der Waals surface area contributed by atoms with Crippen molar-refractivity contribution in [3.8, 4) is 11.8 Å². The van der Waals surface area contributed by atoms with Crippen LogP contribution in [0, 0.1) is 11.8 Å². The number of fused-ring (bicyclic) bond motifs is 1. The molecule has 0 aliphatic heterocycles. The van der Waals surface area contributed by atoms with Crippen molar-refractivity contribution in [2.45, 2.75) is 0 Å². The fraction of sp³-hybridized carbons (Fsp3) is 0.0667. The summed E-state index contributed by atoms with van der Waals surface area (Å²) < 4.78 is 0. The molecule has 0 atom stereocenters. The number of hydrogen-bond acceptors (Lipinski definition) is 4. The Balaban J connectivity index is 1.89. The second kappa shape index (κ2) is 5.09. The Morgan fingerprint density at radius 3 is 2.68 bits per heavy atom. The van der Waals surface area contributed by atoms with E-state index in [0.717, 1.165) is 26.6 Å². The largest absolute Gasteiger partial charge is 0.388 e. The third-order valence-electron chi connectivity index (χ3n) is 2.65. The van der Waals surface area contributed by atoms with Crippen LogP contribution in [0.4, 0.5) is 5.69 Å². The van der Waals surface area contributed by atoms with Crippen LogP contribution < -0.4 is 5.32 Å². The minimum absolute atomic E-state index is 0.798. The van der Waals surface area contributed by atoms with E-state index in [0.29, 0.717) is 0 Å². The molecule has 0 unspecified atom stereocenters. The quantitative estimate of drug-likeness (QED) is 0.687. The Bertz CT molecular complexity index is 730. The molecule has 0 saturated heterocycles. The lowest BCUT2D eigenvalue weighted by atomic mass is 10.2. The molecule has 92 valence electrons. The number of hydrogen-bond donors (Lipinski definition) is 1. The maximum absolute atomic E-state index is 4.43. The molecule has 4 heteroatoms. The van der Waals surface area contributed by atoms with Crippen molar-refractivity contribution in [3.63, 3.8) is 0 Å². The maximum Gasteiger partial charge on any atom is 0.169 e. The molecule has 0 fully saturated rings. The Morgan fingerprint density at radius 1 is 1.11 bits per heavy atom. The lowest BCUT2D eigenvalue weighted by molar-refractivity contribution is 1.39. The van der Waals surface area contributed by atoms with Gasteiger partial charge in [-0.05, 0) is 42.3 Å². The molecular formula is C15H11N3S. The summed E-state index contributed by atoms with van der Waals surface area (Å²) >= 11 is 1.52. The van der Waals surface area contributed by atoms with Crippen LogP contribution in [-0.2, 0) is 0 Å². The average molecular weight is 265 g/mol. The topological polar surface area (TPSA) is 37.8 Å². The Labute approximate surface area is 115 Å². The predicted molar refractivity (Wildman–Crippen MR) is 79.4 cm³/mol. The maximum atomic E-state index is 4.43. The highest BCUT2D eigenvalue weighted by Crippen LogP contribution is 2.18. The highest BCUT2D eigenvalue weighted by atomic mass is 32.1. The zero-order valence-corrected chi connectivity index (χ0v) is 11.2. The molecule has 2 aromatic heterocycles. The first-order valence-corrected chi connectivity index (χ1v) is 6.68. The van der Waals surface area contributed by atoms with Crippen molar-refractivity contribution in [1.29, 1.82) is 0 Å². The second-order valence-electron chi connectivity index (χ2n) is 3.92. The van der Waals surface area contributed by atoms with Crippen LogP contribution in [0.3, 0.4) is 0 Å². The SMILES string of the molecule is CNc1ccc(C#Cc2nc3cccnc3s2)cc1. The summed E-state index contributed by atoms with van der Waals surface area (Å²) in [4.78, 5) is 9.62. The summed E-state index contributed by atoms with van der Waals surface area (Å²) in [5, 5.41) is 3.88. The molecule has 1 aromatic carbocycles. The predicted octanol–water partition coefficient (Wildman–Crippen LogP) is 3.13. The standard InChI is InChI=1S/C15H11N3S/c1-16-12-7-4-11(5-8-12)6-9-14-18-13-3-2-10-17-15(13)19-14/h2-5,7-8,10,16H,1H3. The van der Waals surface area contributed by atoms with E-state index in [1.807, 2.05) is 43.4 Å². The van der Waals surface area contributed by atoms with Crippen LogP contribution >= 0.6 is 11.3 Å². The van der Waals surface area contributed by atoms with Crippen molar-refractivity contribution < 1.29 is 0 Å². The van der Waals surface area contributed by atoms with Gasteiger partial charge in [0, 0.05) is 24.5 Å². The van der Waals surface area contributed by atoms with E-state index < -0.39 is 0 Å². The van der Waals surface area contributed by atoms with Gasteiger partial charge >= 0.3 is 0 Å². The molecule has 19 heavy (non-hydrogen) atoms. The van der Waals surface area contributed by atoms with E-state index in [9.17, 15) is 0 Å². The van der Waals surface area contributed by atoms with E-state index >= 15 is 0 Å². The summed E-state index contributed by atoms with van der Waals surface area (Å²) in [5.41, 5.74) is 2.96. The van der Waals surface area contributed by atoms with Crippen molar-refractivity contribution in [2.24, 2.45) is 0 Å². The van der Waals surface area contributed by atoms with Crippen molar-refractivity contribution in [3.05, 3.63) is 53.2 Å². The third-order valence-corrected chi connectivity index (χ3v) is 3.55. The molecule has 0 radical (unpaired) electrons. The summed E-state index contributed by atoms with van der Waals surface area (Å²) in [5.74, 6) is 6.20. The average Bonchev–Trinajstić information content (AvgIpc) is 2.88. The van der Waals surface area contributed by atoms with Gasteiger partial charge in [0.1, 0.15) is 10.3 Å². The van der Waals surface area contributed by atoms with Gasteiger partial charge in [0.05, 0.1) is 0 Å². The van der Waals surface area contributed by atoms with Crippen LogP contribution in [0.25, 0.3) is 10.3 Å². The first kappa shape index (κ1) is 11.7. The van der Waals surface area contributed by atoms with Gasteiger partial charge in [-0.2, -0.15) is 0 Å². The molecule has 0 saturated carbocycles. The summed E-state index contributed by atoms with van der Waals surface area (Å²) in [6.45, 7) is 0. The fourth-order valence-electron chi connectivity index (χ4n) is 1.67.